The first-order chi connectivity index (χ1) is 6.99. The molecule has 0 atom stereocenters. The van der Waals surface area contributed by atoms with Gasteiger partial charge in [-0.25, -0.2) is 14.4 Å². The van der Waals surface area contributed by atoms with E-state index in [-0.39, 0.29) is 5.82 Å². The molecule has 0 unspecified atom stereocenters. The number of aromatic amines is 2. The van der Waals surface area contributed by atoms with Crippen LogP contribution in [0.3, 0.4) is 0 Å². The van der Waals surface area contributed by atoms with Crippen LogP contribution in [0.15, 0.2) is 15.0 Å². The van der Waals surface area contributed by atoms with Gasteiger partial charge >= 0.3 is 17.8 Å². The Labute approximate surface area is 80.7 Å². The highest BCUT2D eigenvalue weighted by atomic mass is 16.4. The Hall–Kier alpha value is -2.65. The SMILES string of the molecule is O=C(O)N=NC(=O)Nc1[nH]c(=O)[nH]c1O. The van der Waals surface area contributed by atoms with Crippen LogP contribution in [0.4, 0.5) is 15.4 Å². The smallest absolute Gasteiger partial charge is 0.450 e. The minimum absolute atomic E-state index is 0.325. The van der Waals surface area contributed by atoms with Crippen LogP contribution in [-0.4, -0.2) is 32.3 Å². The van der Waals surface area contributed by atoms with Crippen molar-refractivity contribution in [3.63, 3.8) is 0 Å². The van der Waals surface area contributed by atoms with Crippen LogP contribution < -0.4 is 11.0 Å². The minimum atomic E-state index is -1.64. The lowest BCUT2D eigenvalue weighted by molar-refractivity contribution is 0.203. The highest BCUT2D eigenvalue weighted by molar-refractivity contribution is 5.90. The molecule has 0 radical (unpaired) electrons. The summed E-state index contributed by atoms with van der Waals surface area (Å²) in [6.45, 7) is 0. The van der Waals surface area contributed by atoms with Crippen molar-refractivity contribution >= 4 is 17.9 Å². The van der Waals surface area contributed by atoms with Crippen LogP contribution in [-0.2, 0) is 0 Å². The standard InChI is InChI=1S/C5H5N5O5/c11-2-1(6-3(12)8-2)7-4(13)9-10-5(14)15/h11H,(H,7,13)(H,14,15)(H2,6,8,12). The third kappa shape index (κ3) is 2.95. The average Bonchev–Trinajstić information content (AvgIpc) is 2.42. The van der Waals surface area contributed by atoms with Crippen molar-refractivity contribution in [1.29, 1.82) is 0 Å². The Bertz CT molecular complexity index is 470. The molecular formula is C5H5N5O5. The molecule has 15 heavy (non-hydrogen) atoms. The fourth-order valence-corrected chi connectivity index (χ4v) is 0.685. The molecule has 3 amide bonds. The van der Waals surface area contributed by atoms with Gasteiger partial charge in [0.2, 0.25) is 5.88 Å². The van der Waals surface area contributed by atoms with Crippen LogP contribution in [0, 0.1) is 0 Å². The normalized spacial score (nSPS) is 10.4. The van der Waals surface area contributed by atoms with E-state index < -0.39 is 23.7 Å². The number of urea groups is 1. The molecule has 0 fully saturated rings. The monoisotopic (exact) mass is 215 g/mol. The van der Waals surface area contributed by atoms with Crippen molar-refractivity contribution in [2.75, 3.05) is 5.32 Å². The maximum atomic E-state index is 10.8. The van der Waals surface area contributed by atoms with E-state index in [4.69, 9.17) is 10.2 Å². The van der Waals surface area contributed by atoms with Gasteiger partial charge in [0.25, 0.3) is 0 Å². The predicted octanol–water partition coefficient (Wildman–Crippen LogP) is 0.0707. The summed E-state index contributed by atoms with van der Waals surface area (Å²) in [6.07, 6.45) is -1.64. The molecule has 0 saturated carbocycles. The molecule has 0 spiro atoms. The van der Waals surface area contributed by atoms with Crippen molar-refractivity contribution < 1.29 is 19.8 Å². The van der Waals surface area contributed by atoms with Gasteiger partial charge in [0, 0.05) is 0 Å². The minimum Gasteiger partial charge on any atom is -0.492 e. The van der Waals surface area contributed by atoms with Gasteiger partial charge in [0.15, 0.2) is 5.82 Å². The highest BCUT2D eigenvalue weighted by Crippen LogP contribution is 2.13. The predicted molar refractivity (Wildman–Crippen MR) is 45.0 cm³/mol. The van der Waals surface area contributed by atoms with E-state index in [1.165, 1.54) is 0 Å². The van der Waals surface area contributed by atoms with E-state index >= 15 is 0 Å². The van der Waals surface area contributed by atoms with Crippen molar-refractivity contribution in [3.05, 3.63) is 10.5 Å². The molecule has 1 aromatic rings. The zero-order valence-electron chi connectivity index (χ0n) is 7.01. The maximum absolute atomic E-state index is 10.8. The summed E-state index contributed by atoms with van der Waals surface area (Å²) in [4.78, 5) is 35.2. The average molecular weight is 215 g/mol. The van der Waals surface area contributed by atoms with E-state index in [0.717, 1.165) is 0 Å². The second-order valence-electron chi connectivity index (χ2n) is 2.22. The zero-order valence-corrected chi connectivity index (χ0v) is 7.01. The summed E-state index contributed by atoms with van der Waals surface area (Å²) in [7, 11) is 0. The van der Waals surface area contributed by atoms with Crippen molar-refractivity contribution in [3.8, 4) is 5.88 Å². The number of hydrogen-bond acceptors (Lipinski definition) is 4. The van der Waals surface area contributed by atoms with Gasteiger partial charge in [-0.1, -0.05) is 10.2 Å². The molecule has 0 saturated heterocycles. The summed E-state index contributed by atoms with van der Waals surface area (Å²) >= 11 is 0. The number of nitrogens with zero attached hydrogens (tertiary/aromatic N) is 2. The number of carbonyl (C=O) groups is 2. The summed E-state index contributed by atoms with van der Waals surface area (Å²) in [6, 6.07) is -1.15. The molecule has 80 valence electrons. The number of aromatic hydroxyl groups is 1. The Kier molecular flexibility index (Phi) is 2.81. The molecule has 0 aromatic carbocycles. The van der Waals surface area contributed by atoms with Crippen molar-refractivity contribution in [1.82, 2.24) is 9.97 Å². The van der Waals surface area contributed by atoms with Crippen molar-refractivity contribution in [2.45, 2.75) is 0 Å². The molecule has 0 aliphatic carbocycles. The number of azo groups is 1. The van der Waals surface area contributed by atoms with E-state index in [1.54, 1.807) is 0 Å². The number of aromatic nitrogens is 2. The number of hydrogen-bond donors (Lipinski definition) is 5. The fourth-order valence-electron chi connectivity index (χ4n) is 0.685. The molecule has 10 heteroatoms. The van der Waals surface area contributed by atoms with Gasteiger partial charge in [-0.3, -0.25) is 15.3 Å². The molecule has 1 rings (SSSR count). The summed E-state index contributed by atoms with van der Waals surface area (Å²) in [5.41, 5.74) is -0.738. The summed E-state index contributed by atoms with van der Waals surface area (Å²) in [5, 5.41) is 24.1. The summed E-state index contributed by atoms with van der Waals surface area (Å²) < 4.78 is 0. The summed E-state index contributed by atoms with van der Waals surface area (Å²) in [5.74, 6) is -0.923. The van der Waals surface area contributed by atoms with Crippen molar-refractivity contribution in [2.24, 2.45) is 10.2 Å². The first-order valence-corrected chi connectivity index (χ1v) is 3.46. The van der Waals surface area contributed by atoms with Crippen LogP contribution in [0.5, 0.6) is 5.88 Å². The van der Waals surface area contributed by atoms with E-state index in [9.17, 15) is 14.4 Å². The molecule has 10 nitrogen and oxygen atoms in total. The fraction of sp³-hybridized carbons (Fsp3) is 0. The van der Waals surface area contributed by atoms with Crippen LogP contribution in [0.2, 0.25) is 0 Å². The van der Waals surface area contributed by atoms with Gasteiger partial charge in [-0.15, -0.1) is 0 Å². The van der Waals surface area contributed by atoms with E-state index in [1.807, 2.05) is 15.3 Å². The lowest BCUT2D eigenvalue weighted by Gasteiger charge is -1.95. The molecule has 1 heterocycles. The van der Waals surface area contributed by atoms with Gasteiger partial charge in [0.1, 0.15) is 0 Å². The second-order valence-corrected chi connectivity index (χ2v) is 2.22. The van der Waals surface area contributed by atoms with Gasteiger partial charge in [-0.05, 0) is 0 Å². The lowest BCUT2D eigenvalue weighted by atomic mass is 10.7. The third-order valence-corrected chi connectivity index (χ3v) is 1.17. The van der Waals surface area contributed by atoms with Gasteiger partial charge in [0.05, 0.1) is 0 Å². The number of amides is 3. The number of nitrogens with one attached hydrogen (secondary N) is 3. The van der Waals surface area contributed by atoms with Gasteiger partial charge < -0.3 is 10.2 Å². The molecule has 0 aliphatic heterocycles. The number of rotatable bonds is 1. The van der Waals surface area contributed by atoms with Crippen LogP contribution >= 0.6 is 0 Å². The molecular weight excluding hydrogens is 210 g/mol. The van der Waals surface area contributed by atoms with Gasteiger partial charge in [-0.2, -0.15) is 0 Å². The maximum Gasteiger partial charge on any atom is 0.450 e. The molecule has 0 bridgehead atoms. The van der Waals surface area contributed by atoms with E-state index in [2.05, 4.69) is 10.2 Å². The quantitative estimate of drug-likeness (QED) is 0.418. The lowest BCUT2D eigenvalue weighted by Crippen LogP contribution is -2.08. The van der Waals surface area contributed by atoms with E-state index in [0.29, 0.717) is 0 Å². The van der Waals surface area contributed by atoms with Crippen LogP contribution in [0.1, 0.15) is 0 Å². The number of H-pyrrole nitrogens is 2. The Morgan fingerprint density at radius 1 is 1.27 bits per heavy atom. The highest BCUT2D eigenvalue weighted by Gasteiger charge is 2.08. The number of carbonyl (C=O) groups excluding carboxylic acids is 1. The number of carboxylic acid groups (broad SMARTS) is 1. The first kappa shape index (κ1) is 10.4. The zero-order chi connectivity index (χ0) is 11.4. The Morgan fingerprint density at radius 3 is 2.40 bits per heavy atom. The Balaban J connectivity index is 2.71. The number of imidazole rings is 1. The third-order valence-electron chi connectivity index (χ3n) is 1.17. The van der Waals surface area contributed by atoms with Crippen LogP contribution in [0.25, 0.3) is 0 Å². The second kappa shape index (κ2) is 4.04. The molecule has 5 N–H and O–H groups in total. The number of anilines is 1. The molecule has 1 aromatic heterocycles. The Morgan fingerprint density at radius 2 is 1.93 bits per heavy atom. The largest absolute Gasteiger partial charge is 0.492 e. The topological polar surface area (TPSA) is 160 Å². The first-order valence-electron chi connectivity index (χ1n) is 3.46. The molecule has 0 aliphatic rings.